The minimum Gasteiger partial charge on any atom is -0.372 e. The van der Waals surface area contributed by atoms with Gasteiger partial charge >= 0.3 is 0 Å². The van der Waals surface area contributed by atoms with Gasteiger partial charge in [0.15, 0.2) is 0 Å². The van der Waals surface area contributed by atoms with Crippen LogP contribution in [0.15, 0.2) is 0 Å². The van der Waals surface area contributed by atoms with Crippen LogP contribution < -0.4 is 5.32 Å². The lowest BCUT2D eigenvalue weighted by atomic mass is 9.71. The lowest BCUT2D eigenvalue weighted by Crippen LogP contribution is -2.52. The molecular weight excluding hydrogens is 166 g/mol. The van der Waals surface area contributed by atoms with Crippen LogP contribution >= 0.6 is 0 Å². The van der Waals surface area contributed by atoms with Gasteiger partial charge in [-0.3, -0.25) is 4.79 Å². The highest BCUT2D eigenvalue weighted by atomic mass is 16.5. The van der Waals surface area contributed by atoms with E-state index in [9.17, 15) is 4.79 Å². The van der Waals surface area contributed by atoms with E-state index in [-0.39, 0.29) is 12.0 Å². The molecule has 0 aromatic heterocycles. The number of ether oxygens (including phenoxy) is 1. The van der Waals surface area contributed by atoms with Crippen LogP contribution in [0, 0.1) is 11.8 Å². The zero-order valence-electron chi connectivity index (χ0n) is 8.83. The van der Waals surface area contributed by atoms with Crippen molar-refractivity contribution < 1.29 is 9.53 Å². The summed E-state index contributed by atoms with van der Waals surface area (Å²) in [7, 11) is 1.55. The first kappa shape index (κ1) is 10.5. The number of hydrogen-bond acceptors (Lipinski definition) is 2. The summed E-state index contributed by atoms with van der Waals surface area (Å²) >= 11 is 0. The molecule has 0 aromatic carbocycles. The Hall–Kier alpha value is -0.570. The van der Waals surface area contributed by atoms with Crippen molar-refractivity contribution in [1.82, 2.24) is 5.32 Å². The molecule has 0 saturated heterocycles. The standard InChI is InChI=1S/C10H19NO2/c1-6-5-9(7(6)2)11-10(12)8(3)13-4/h6-9H,5H2,1-4H3,(H,11,12). The highest BCUT2D eigenvalue weighted by Gasteiger charge is 2.35. The Morgan fingerprint density at radius 1 is 1.54 bits per heavy atom. The molecule has 0 bridgehead atoms. The molecule has 0 aromatic rings. The monoisotopic (exact) mass is 185 g/mol. The highest BCUT2D eigenvalue weighted by molar-refractivity contribution is 5.80. The first-order valence-electron chi connectivity index (χ1n) is 4.89. The fourth-order valence-electron chi connectivity index (χ4n) is 1.63. The molecule has 1 N–H and O–H groups in total. The van der Waals surface area contributed by atoms with E-state index in [1.54, 1.807) is 14.0 Å². The Morgan fingerprint density at radius 3 is 2.54 bits per heavy atom. The van der Waals surface area contributed by atoms with Gasteiger partial charge in [0.05, 0.1) is 0 Å². The van der Waals surface area contributed by atoms with Gasteiger partial charge in [0.1, 0.15) is 6.10 Å². The van der Waals surface area contributed by atoms with Crippen molar-refractivity contribution >= 4 is 5.91 Å². The zero-order valence-corrected chi connectivity index (χ0v) is 8.83. The average Bonchev–Trinajstić information content (AvgIpc) is 2.15. The van der Waals surface area contributed by atoms with Gasteiger partial charge in [-0.05, 0) is 25.2 Å². The third kappa shape index (κ3) is 2.21. The summed E-state index contributed by atoms with van der Waals surface area (Å²) in [5.41, 5.74) is 0. The molecular formula is C10H19NO2. The van der Waals surface area contributed by atoms with E-state index in [1.165, 1.54) is 0 Å². The van der Waals surface area contributed by atoms with E-state index < -0.39 is 0 Å². The largest absolute Gasteiger partial charge is 0.372 e. The third-order valence-electron chi connectivity index (χ3n) is 3.21. The summed E-state index contributed by atoms with van der Waals surface area (Å²) in [5.74, 6) is 1.35. The van der Waals surface area contributed by atoms with Gasteiger partial charge in [-0.25, -0.2) is 0 Å². The van der Waals surface area contributed by atoms with E-state index in [0.29, 0.717) is 12.0 Å². The van der Waals surface area contributed by atoms with E-state index in [4.69, 9.17) is 4.74 Å². The van der Waals surface area contributed by atoms with Gasteiger partial charge in [-0.2, -0.15) is 0 Å². The van der Waals surface area contributed by atoms with Crippen molar-refractivity contribution in [3.63, 3.8) is 0 Å². The fourth-order valence-corrected chi connectivity index (χ4v) is 1.63. The minimum absolute atomic E-state index is 0.00579. The molecule has 1 rings (SSSR count). The van der Waals surface area contributed by atoms with Crippen LogP contribution in [0.3, 0.4) is 0 Å². The Kier molecular flexibility index (Phi) is 3.31. The summed E-state index contributed by atoms with van der Waals surface area (Å²) in [6.07, 6.45) is 0.770. The second-order valence-electron chi connectivity index (χ2n) is 4.07. The van der Waals surface area contributed by atoms with Crippen molar-refractivity contribution in [2.24, 2.45) is 11.8 Å². The topological polar surface area (TPSA) is 38.3 Å². The Balaban J connectivity index is 2.30. The van der Waals surface area contributed by atoms with E-state index in [1.807, 2.05) is 0 Å². The van der Waals surface area contributed by atoms with E-state index >= 15 is 0 Å². The molecule has 1 amide bonds. The van der Waals surface area contributed by atoms with E-state index in [2.05, 4.69) is 19.2 Å². The third-order valence-corrected chi connectivity index (χ3v) is 3.21. The SMILES string of the molecule is COC(C)C(=O)NC1CC(C)C1C. The van der Waals surface area contributed by atoms with Gasteiger partial charge < -0.3 is 10.1 Å². The molecule has 3 heteroatoms. The number of methoxy groups -OCH3 is 1. The first-order valence-corrected chi connectivity index (χ1v) is 4.89. The van der Waals surface area contributed by atoms with Crippen molar-refractivity contribution in [2.45, 2.75) is 39.3 Å². The van der Waals surface area contributed by atoms with Crippen molar-refractivity contribution in [3.05, 3.63) is 0 Å². The lowest BCUT2D eigenvalue weighted by molar-refractivity contribution is -0.132. The second-order valence-corrected chi connectivity index (χ2v) is 4.07. The smallest absolute Gasteiger partial charge is 0.249 e. The number of nitrogens with one attached hydrogen (secondary N) is 1. The Morgan fingerprint density at radius 2 is 2.15 bits per heavy atom. The highest BCUT2D eigenvalue weighted by Crippen LogP contribution is 2.33. The molecule has 1 fully saturated rings. The molecule has 13 heavy (non-hydrogen) atoms. The normalized spacial score (nSPS) is 34.9. The number of carbonyl (C=O) groups is 1. The van der Waals surface area contributed by atoms with Gasteiger partial charge in [-0.1, -0.05) is 13.8 Å². The molecule has 0 spiro atoms. The minimum atomic E-state index is -0.330. The predicted molar refractivity (Wildman–Crippen MR) is 51.3 cm³/mol. The molecule has 1 aliphatic carbocycles. The van der Waals surface area contributed by atoms with Gasteiger partial charge in [0, 0.05) is 13.2 Å². The fraction of sp³-hybridized carbons (Fsp3) is 0.900. The van der Waals surface area contributed by atoms with Crippen LogP contribution in [-0.4, -0.2) is 25.2 Å². The molecule has 1 saturated carbocycles. The van der Waals surface area contributed by atoms with Crippen LogP contribution in [0.2, 0.25) is 0 Å². The quantitative estimate of drug-likeness (QED) is 0.717. The van der Waals surface area contributed by atoms with E-state index in [0.717, 1.165) is 12.3 Å². The average molecular weight is 185 g/mol. The van der Waals surface area contributed by atoms with Gasteiger partial charge in [0.2, 0.25) is 5.91 Å². The molecule has 76 valence electrons. The molecule has 0 radical (unpaired) electrons. The lowest BCUT2D eigenvalue weighted by Gasteiger charge is -2.41. The van der Waals surface area contributed by atoms with Crippen LogP contribution in [0.1, 0.15) is 27.2 Å². The van der Waals surface area contributed by atoms with Crippen molar-refractivity contribution in [1.29, 1.82) is 0 Å². The summed E-state index contributed by atoms with van der Waals surface area (Å²) in [4.78, 5) is 11.4. The van der Waals surface area contributed by atoms with Crippen molar-refractivity contribution in [3.8, 4) is 0 Å². The molecule has 4 unspecified atom stereocenters. The molecule has 4 atom stereocenters. The summed E-state index contributed by atoms with van der Waals surface area (Å²) < 4.78 is 4.93. The maximum atomic E-state index is 11.4. The van der Waals surface area contributed by atoms with Crippen LogP contribution in [0.4, 0.5) is 0 Å². The van der Waals surface area contributed by atoms with Crippen LogP contribution in [0.5, 0.6) is 0 Å². The Labute approximate surface area is 79.8 Å². The number of amides is 1. The number of carbonyl (C=O) groups excluding carboxylic acids is 1. The van der Waals surface area contributed by atoms with Gasteiger partial charge in [-0.15, -0.1) is 0 Å². The van der Waals surface area contributed by atoms with Crippen LogP contribution in [0.25, 0.3) is 0 Å². The van der Waals surface area contributed by atoms with Crippen molar-refractivity contribution in [2.75, 3.05) is 7.11 Å². The maximum Gasteiger partial charge on any atom is 0.249 e. The van der Waals surface area contributed by atoms with Crippen LogP contribution in [-0.2, 0) is 9.53 Å². The summed E-state index contributed by atoms with van der Waals surface area (Å²) in [6, 6.07) is 0.361. The maximum absolute atomic E-state index is 11.4. The molecule has 1 aliphatic rings. The number of rotatable bonds is 3. The molecule has 0 aliphatic heterocycles. The molecule has 3 nitrogen and oxygen atoms in total. The number of hydrogen-bond donors (Lipinski definition) is 1. The first-order chi connectivity index (χ1) is 6.06. The summed E-state index contributed by atoms with van der Waals surface area (Å²) in [5, 5.41) is 2.98. The zero-order chi connectivity index (χ0) is 10.0. The second kappa shape index (κ2) is 4.09. The van der Waals surface area contributed by atoms with Gasteiger partial charge in [0.25, 0.3) is 0 Å². The summed E-state index contributed by atoms with van der Waals surface area (Å²) in [6.45, 7) is 6.16. The predicted octanol–water partition coefficient (Wildman–Crippen LogP) is 1.18. The Bertz CT molecular complexity index is 193. The molecule has 0 heterocycles.